The van der Waals surface area contributed by atoms with E-state index in [0.29, 0.717) is 26.1 Å². The van der Waals surface area contributed by atoms with Crippen LogP contribution in [0.15, 0.2) is 0 Å². The lowest BCUT2D eigenvalue weighted by molar-refractivity contribution is -0.0748. The van der Waals surface area contributed by atoms with Crippen LogP contribution < -0.4 is 0 Å². The maximum Gasteiger partial charge on any atom is 0.235 e. The molecule has 0 aromatic carbocycles. The minimum absolute atomic E-state index is 0.137. The summed E-state index contributed by atoms with van der Waals surface area (Å²) >= 11 is 0. The molecular weight excluding hydrogens is 216 g/mol. The van der Waals surface area contributed by atoms with Crippen LogP contribution >= 0.6 is 10.7 Å². The van der Waals surface area contributed by atoms with Crippen molar-refractivity contribution in [1.82, 2.24) is 0 Å². The molecule has 13 heavy (non-hydrogen) atoms. The van der Waals surface area contributed by atoms with E-state index >= 15 is 0 Å². The number of hydrogen-bond donors (Lipinski definition) is 0. The molecule has 0 unspecified atom stereocenters. The standard InChI is InChI=1S/C7H13ClO4S/c1-11-7(6-13(8,9)10)2-4-12-5-3-7/h2-6H2,1H3. The van der Waals surface area contributed by atoms with Gasteiger partial charge >= 0.3 is 0 Å². The molecular formula is C7H13ClO4S. The Bertz CT molecular complexity index is 256. The molecule has 1 saturated heterocycles. The van der Waals surface area contributed by atoms with Crippen LogP contribution in [0.5, 0.6) is 0 Å². The van der Waals surface area contributed by atoms with Crippen LogP contribution in [0.2, 0.25) is 0 Å². The van der Waals surface area contributed by atoms with Crippen molar-refractivity contribution in [3.8, 4) is 0 Å². The molecule has 0 aromatic heterocycles. The predicted octanol–water partition coefficient (Wildman–Crippen LogP) is 0.751. The van der Waals surface area contributed by atoms with Crippen LogP contribution in [0, 0.1) is 0 Å². The molecule has 6 heteroatoms. The second kappa shape index (κ2) is 4.13. The Hall–Kier alpha value is 0.160. The zero-order chi connectivity index (χ0) is 9.95. The van der Waals surface area contributed by atoms with Crippen molar-refractivity contribution in [3.05, 3.63) is 0 Å². The van der Waals surface area contributed by atoms with Crippen molar-refractivity contribution >= 4 is 19.7 Å². The van der Waals surface area contributed by atoms with E-state index < -0.39 is 14.7 Å². The van der Waals surface area contributed by atoms with Crippen LogP contribution in [0.1, 0.15) is 12.8 Å². The molecule has 78 valence electrons. The third-order valence-electron chi connectivity index (χ3n) is 2.27. The topological polar surface area (TPSA) is 52.6 Å². The third-order valence-corrected chi connectivity index (χ3v) is 3.47. The minimum atomic E-state index is -3.50. The van der Waals surface area contributed by atoms with E-state index in [4.69, 9.17) is 20.2 Å². The zero-order valence-corrected chi connectivity index (χ0v) is 9.03. The molecule has 0 spiro atoms. The Kier molecular flexibility index (Phi) is 3.57. The predicted molar refractivity (Wildman–Crippen MR) is 49.4 cm³/mol. The van der Waals surface area contributed by atoms with Gasteiger partial charge in [0.15, 0.2) is 0 Å². The maximum atomic E-state index is 10.9. The van der Waals surface area contributed by atoms with Crippen LogP contribution in [0.25, 0.3) is 0 Å². The number of ether oxygens (including phenoxy) is 2. The van der Waals surface area contributed by atoms with E-state index in [9.17, 15) is 8.42 Å². The molecule has 0 aromatic rings. The maximum absolute atomic E-state index is 10.9. The Labute approximate surface area is 82.6 Å². The summed E-state index contributed by atoms with van der Waals surface area (Å²) in [6.07, 6.45) is 1.16. The molecule has 4 nitrogen and oxygen atoms in total. The highest BCUT2D eigenvalue weighted by Crippen LogP contribution is 2.27. The van der Waals surface area contributed by atoms with Crippen molar-refractivity contribution in [1.29, 1.82) is 0 Å². The molecule has 0 atom stereocenters. The molecule has 0 bridgehead atoms. The average molecular weight is 229 g/mol. The van der Waals surface area contributed by atoms with Gasteiger partial charge in [-0.1, -0.05) is 0 Å². The van der Waals surface area contributed by atoms with Gasteiger partial charge in [-0.05, 0) is 0 Å². The van der Waals surface area contributed by atoms with Crippen molar-refractivity contribution in [2.24, 2.45) is 0 Å². The van der Waals surface area contributed by atoms with E-state index in [1.165, 1.54) is 7.11 Å². The average Bonchev–Trinajstić information content (AvgIpc) is 2.03. The van der Waals surface area contributed by atoms with Gasteiger partial charge in [-0.2, -0.15) is 0 Å². The van der Waals surface area contributed by atoms with E-state index in [0.717, 1.165) is 0 Å². The minimum Gasteiger partial charge on any atom is -0.381 e. The quantitative estimate of drug-likeness (QED) is 0.669. The van der Waals surface area contributed by atoms with Crippen LogP contribution in [0.4, 0.5) is 0 Å². The first-order chi connectivity index (χ1) is 5.97. The SMILES string of the molecule is COC1(CS(=O)(=O)Cl)CCOCC1. The van der Waals surface area contributed by atoms with E-state index in [2.05, 4.69) is 0 Å². The first-order valence-electron chi connectivity index (χ1n) is 4.03. The van der Waals surface area contributed by atoms with Crippen molar-refractivity contribution in [2.75, 3.05) is 26.1 Å². The fraction of sp³-hybridized carbons (Fsp3) is 1.00. The van der Waals surface area contributed by atoms with Gasteiger partial charge < -0.3 is 9.47 Å². The lowest BCUT2D eigenvalue weighted by Crippen LogP contribution is -2.43. The summed E-state index contributed by atoms with van der Waals surface area (Å²) in [6.45, 7) is 1.06. The number of methoxy groups -OCH3 is 1. The van der Waals surface area contributed by atoms with E-state index in [-0.39, 0.29) is 5.75 Å². The molecule has 0 radical (unpaired) electrons. The smallest absolute Gasteiger partial charge is 0.235 e. The summed E-state index contributed by atoms with van der Waals surface area (Å²) in [6, 6.07) is 0. The number of rotatable bonds is 3. The van der Waals surface area contributed by atoms with Crippen molar-refractivity contribution in [2.45, 2.75) is 18.4 Å². The Morgan fingerprint density at radius 3 is 2.38 bits per heavy atom. The lowest BCUT2D eigenvalue weighted by Gasteiger charge is -2.34. The fourth-order valence-corrected chi connectivity index (χ4v) is 3.10. The Morgan fingerprint density at radius 1 is 1.46 bits per heavy atom. The summed E-state index contributed by atoms with van der Waals surface area (Å²) in [7, 11) is 3.19. The molecule has 0 N–H and O–H groups in total. The summed E-state index contributed by atoms with van der Waals surface area (Å²) in [5.74, 6) is -0.137. The number of hydrogen-bond acceptors (Lipinski definition) is 4. The van der Waals surface area contributed by atoms with Gasteiger partial charge in [0.2, 0.25) is 9.05 Å². The fourth-order valence-electron chi connectivity index (χ4n) is 1.46. The molecule has 1 aliphatic heterocycles. The first kappa shape index (κ1) is 11.2. The normalized spacial score (nSPS) is 22.9. The monoisotopic (exact) mass is 228 g/mol. The second-order valence-corrected chi connectivity index (χ2v) is 5.96. The summed E-state index contributed by atoms with van der Waals surface area (Å²) in [5, 5.41) is 0. The molecule has 1 aliphatic rings. The van der Waals surface area contributed by atoms with Gasteiger partial charge in [0.1, 0.15) is 0 Å². The van der Waals surface area contributed by atoms with E-state index in [1.807, 2.05) is 0 Å². The third kappa shape index (κ3) is 3.42. The van der Waals surface area contributed by atoms with Crippen molar-refractivity contribution in [3.63, 3.8) is 0 Å². The van der Waals surface area contributed by atoms with Crippen LogP contribution in [-0.2, 0) is 18.5 Å². The lowest BCUT2D eigenvalue weighted by atomic mass is 9.97. The molecule has 0 aliphatic carbocycles. The Balaban J connectivity index is 2.68. The second-order valence-electron chi connectivity index (χ2n) is 3.18. The van der Waals surface area contributed by atoms with Crippen molar-refractivity contribution < 1.29 is 17.9 Å². The number of halogens is 1. The molecule has 1 rings (SSSR count). The highest BCUT2D eigenvalue weighted by Gasteiger charge is 2.36. The van der Waals surface area contributed by atoms with Gasteiger partial charge in [0.05, 0.1) is 11.4 Å². The van der Waals surface area contributed by atoms with Gasteiger partial charge in [-0.25, -0.2) is 8.42 Å². The summed E-state index contributed by atoms with van der Waals surface area (Å²) in [4.78, 5) is 0. The van der Waals surface area contributed by atoms with Gasteiger partial charge in [0.25, 0.3) is 0 Å². The molecule has 0 saturated carbocycles. The van der Waals surface area contributed by atoms with Crippen LogP contribution in [0.3, 0.4) is 0 Å². The van der Waals surface area contributed by atoms with Gasteiger partial charge in [0, 0.05) is 43.8 Å². The largest absolute Gasteiger partial charge is 0.381 e. The zero-order valence-electron chi connectivity index (χ0n) is 7.45. The summed E-state index contributed by atoms with van der Waals surface area (Å²) < 4.78 is 32.2. The van der Waals surface area contributed by atoms with E-state index in [1.54, 1.807) is 0 Å². The first-order valence-corrected chi connectivity index (χ1v) is 6.51. The molecule has 1 fully saturated rings. The van der Waals surface area contributed by atoms with Gasteiger partial charge in [-0.15, -0.1) is 0 Å². The van der Waals surface area contributed by atoms with Gasteiger partial charge in [-0.3, -0.25) is 0 Å². The highest BCUT2D eigenvalue weighted by molar-refractivity contribution is 8.13. The summed E-state index contributed by atoms with van der Waals surface area (Å²) in [5.41, 5.74) is -0.640. The Morgan fingerprint density at radius 2 is 2.00 bits per heavy atom. The molecule has 0 amide bonds. The highest BCUT2D eigenvalue weighted by atomic mass is 35.7. The van der Waals surface area contributed by atoms with Crippen LogP contribution in [-0.4, -0.2) is 40.1 Å². The molecule has 1 heterocycles.